The Morgan fingerprint density at radius 3 is 2.75 bits per heavy atom. The summed E-state index contributed by atoms with van der Waals surface area (Å²) >= 11 is 1.67. The maximum Gasteiger partial charge on any atom is 0.177 e. The van der Waals surface area contributed by atoms with Gasteiger partial charge in [-0.2, -0.15) is 0 Å². The monoisotopic (exact) mass is 403 g/mol. The summed E-state index contributed by atoms with van der Waals surface area (Å²) in [6, 6.07) is 4.09. The van der Waals surface area contributed by atoms with Crippen molar-refractivity contribution in [2.24, 2.45) is 0 Å². The first-order valence-electron chi connectivity index (χ1n) is 9.13. The number of ether oxygens (including phenoxy) is 1. The molecule has 3 aromatic rings. The summed E-state index contributed by atoms with van der Waals surface area (Å²) < 4.78 is 7.80. The Balaban J connectivity index is 1.67. The van der Waals surface area contributed by atoms with Crippen LogP contribution in [-0.2, 0) is 15.9 Å². The summed E-state index contributed by atoms with van der Waals surface area (Å²) in [5.41, 5.74) is 5.26. The number of nitrogen functional groups attached to an aromatic ring is 1. The molecule has 1 saturated carbocycles. The van der Waals surface area contributed by atoms with Crippen LogP contribution < -0.4 is 5.73 Å². The molecule has 4 atom stereocenters. The van der Waals surface area contributed by atoms with Crippen LogP contribution in [0, 0.1) is 0 Å². The molecule has 28 heavy (non-hydrogen) atoms. The smallest absolute Gasteiger partial charge is 0.177 e. The maximum atomic E-state index is 11.1. The first-order chi connectivity index (χ1) is 13.5. The van der Waals surface area contributed by atoms with Crippen molar-refractivity contribution in [2.45, 2.75) is 48.7 Å². The number of anilines is 1. The predicted molar refractivity (Wildman–Crippen MR) is 102 cm³/mol. The van der Waals surface area contributed by atoms with Crippen LogP contribution in [0.4, 0.5) is 5.82 Å². The largest absolute Gasteiger partial charge is 0.394 e. The van der Waals surface area contributed by atoms with Gasteiger partial charge in [0.1, 0.15) is 30.2 Å². The van der Waals surface area contributed by atoms with Gasteiger partial charge >= 0.3 is 0 Å². The lowest BCUT2D eigenvalue weighted by Gasteiger charge is -2.36. The van der Waals surface area contributed by atoms with Crippen LogP contribution >= 0.6 is 11.3 Å². The molecule has 5 N–H and O–H groups in total. The zero-order valence-electron chi connectivity index (χ0n) is 15.0. The molecule has 1 aliphatic heterocycles. The Hall–Kier alpha value is -2.11. The summed E-state index contributed by atoms with van der Waals surface area (Å²) in [5.74, 6) is 0.227. The van der Waals surface area contributed by atoms with Gasteiger partial charge in [-0.3, -0.25) is 4.57 Å². The molecular weight excluding hydrogens is 382 g/mol. The fourth-order valence-corrected chi connectivity index (χ4v) is 5.29. The van der Waals surface area contributed by atoms with Crippen molar-refractivity contribution < 1.29 is 20.1 Å². The number of hydrogen-bond acceptors (Lipinski definition) is 9. The van der Waals surface area contributed by atoms with Crippen molar-refractivity contribution in [3.63, 3.8) is 0 Å². The standard InChI is InChI=1S/C18H21N5O4S/c19-15-12-16(21-8-20-15)23(9-22-12)18(14(26)13(25)10(6-24)27-18)7-17(3-4-17)11-2-1-5-28-11/h1-2,5,8-10,13-14,24-26H,3-4,6-7H2,(H2,19,20,21)/t10-,13-,14-,18-/m1/s1. The summed E-state index contributed by atoms with van der Waals surface area (Å²) in [6.45, 7) is -0.407. The molecule has 10 heteroatoms. The third kappa shape index (κ3) is 2.42. The van der Waals surface area contributed by atoms with Gasteiger partial charge in [-0.05, 0) is 24.3 Å². The van der Waals surface area contributed by atoms with E-state index in [1.54, 1.807) is 15.9 Å². The number of aromatic nitrogens is 4. The molecule has 0 unspecified atom stereocenters. The molecule has 3 aromatic heterocycles. The SMILES string of the molecule is Nc1ncnc2c1ncn2[C@]1(CC2(c3cccs3)CC2)O[C@H](CO)[C@@H](O)[C@H]1O. The van der Waals surface area contributed by atoms with Gasteiger partial charge in [0.15, 0.2) is 17.2 Å². The number of nitrogens with two attached hydrogens (primary N) is 1. The van der Waals surface area contributed by atoms with Gasteiger partial charge in [-0.15, -0.1) is 11.3 Å². The minimum atomic E-state index is -1.33. The molecule has 1 aliphatic carbocycles. The van der Waals surface area contributed by atoms with Crippen LogP contribution in [0.3, 0.4) is 0 Å². The van der Waals surface area contributed by atoms with Gasteiger partial charge in [0.25, 0.3) is 0 Å². The molecular formula is C18H21N5O4S. The molecule has 0 radical (unpaired) electrons. The molecule has 148 valence electrons. The third-order valence-corrected chi connectivity index (χ3v) is 7.08. The minimum Gasteiger partial charge on any atom is -0.394 e. The van der Waals surface area contributed by atoms with E-state index < -0.39 is 30.6 Å². The van der Waals surface area contributed by atoms with E-state index in [2.05, 4.69) is 21.0 Å². The number of hydrogen-bond donors (Lipinski definition) is 4. The quantitative estimate of drug-likeness (QED) is 0.479. The summed E-state index contributed by atoms with van der Waals surface area (Å²) in [6.07, 6.45) is 1.75. The van der Waals surface area contributed by atoms with Crippen LogP contribution in [0.5, 0.6) is 0 Å². The highest BCUT2D eigenvalue weighted by atomic mass is 32.1. The number of rotatable bonds is 5. The Labute approximate surface area is 164 Å². The fourth-order valence-electron chi connectivity index (χ4n) is 4.30. The average Bonchev–Trinajstić information content (AvgIpc) is 3.07. The second-order valence-electron chi connectivity index (χ2n) is 7.60. The summed E-state index contributed by atoms with van der Waals surface area (Å²) in [7, 11) is 0. The van der Waals surface area contributed by atoms with Gasteiger partial charge in [0, 0.05) is 16.7 Å². The van der Waals surface area contributed by atoms with Crippen molar-refractivity contribution in [2.75, 3.05) is 12.3 Å². The Kier molecular flexibility index (Phi) is 3.97. The fraction of sp³-hybridized carbons (Fsp3) is 0.500. The van der Waals surface area contributed by atoms with Crippen molar-refractivity contribution in [3.05, 3.63) is 35.0 Å². The Bertz CT molecular complexity index is 1000. The van der Waals surface area contributed by atoms with Crippen molar-refractivity contribution in [3.8, 4) is 0 Å². The normalized spacial score (nSPS) is 31.5. The summed E-state index contributed by atoms with van der Waals surface area (Å²) in [5, 5.41) is 33.3. The molecule has 9 nitrogen and oxygen atoms in total. The van der Waals surface area contributed by atoms with Crippen LogP contribution in [0.15, 0.2) is 30.2 Å². The van der Waals surface area contributed by atoms with Gasteiger partial charge in [0.05, 0.1) is 12.9 Å². The number of aliphatic hydroxyl groups excluding tert-OH is 3. The molecule has 2 fully saturated rings. The first kappa shape index (κ1) is 18.0. The first-order valence-corrected chi connectivity index (χ1v) is 10.0. The highest BCUT2D eigenvalue weighted by molar-refractivity contribution is 7.10. The lowest BCUT2D eigenvalue weighted by Crippen LogP contribution is -2.47. The third-order valence-electron chi connectivity index (χ3n) is 5.96. The second kappa shape index (κ2) is 6.19. The van der Waals surface area contributed by atoms with Crippen LogP contribution in [0.2, 0.25) is 0 Å². The van der Waals surface area contributed by atoms with E-state index in [1.165, 1.54) is 17.5 Å². The van der Waals surface area contributed by atoms with E-state index in [0.717, 1.165) is 12.8 Å². The molecule has 0 amide bonds. The average molecular weight is 403 g/mol. The van der Waals surface area contributed by atoms with E-state index in [0.29, 0.717) is 17.6 Å². The van der Waals surface area contributed by atoms with Gasteiger partial charge in [0.2, 0.25) is 0 Å². The zero-order chi connectivity index (χ0) is 19.5. The zero-order valence-corrected chi connectivity index (χ0v) is 15.8. The molecule has 0 spiro atoms. The number of nitrogens with zero attached hydrogens (tertiary/aromatic N) is 4. The Morgan fingerprint density at radius 1 is 1.29 bits per heavy atom. The second-order valence-corrected chi connectivity index (χ2v) is 8.55. The Morgan fingerprint density at radius 2 is 2.11 bits per heavy atom. The summed E-state index contributed by atoms with van der Waals surface area (Å²) in [4.78, 5) is 13.8. The van der Waals surface area contributed by atoms with Crippen molar-refractivity contribution in [1.29, 1.82) is 0 Å². The van der Waals surface area contributed by atoms with Crippen molar-refractivity contribution >= 4 is 28.3 Å². The topological polar surface area (TPSA) is 140 Å². The van der Waals surface area contributed by atoms with E-state index >= 15 is 0 Å². The lowest BCUT2D eigenvalue weighted by atomic mass is 9.88. The van der Waals surface area contributed by atoms with Crippen molar-refractivity contribution in [1.82, 2.24) is 19.5 Å². The molecule has 0 bridgehead atoms. The minimum absolute atomic E-state index is 0.158. The van der Waals surface area contributed by atoms with Gasteiger partial charge in [-0.1, -0.05) is 6.07 Å². The highest BCUT2D eigenvalue weighted by Crippen LogP contribution is 2.58. The predicted octanol–water partition coefficient (Wildman–Crippen LogP) is 0.358. The lowest BCUT2D eigenvalue weighted by molar-refractivity contribution is -0.155. The van der Waals surface area contributed by atoms with E-state index in [1.807, 2.05) is 11.4 Å². The van der Waals surface area contributed by atoms with Crippen LogP contribution in [0.1, 0.15) is 24.1 Å². The molecule has 1 saturated heterocycles. The number of fused-ring (bicyclic) bond motifs is 1. The maximum absolute atomic E-state index is 11.1. The van der Waals surface area contributed by atoms with Gasteiger partial charge < -0.3 is 25.8 Å². The molecule has 4 heterocycles. The van der Waals surface area contributed by atoms with Crippen LogP contribution in [-0.4, -0.2) is 59.8 Å². The number of thiophene rings is 1. The highest BCUT2D eigenvalue weighted by Gasteiger charge is 2.62. The van der Waals surface area contributed by atoms with E-state index in [9.17, 15) is 15.3 Å². The molecule has 0 aromatic carbocycles. The number of aliphatic hydroxyl groups is 3. The van der Waals surface area contributed by atoms with E-state index in [4.69, 9.17) is 10.5 Å². The van der Waals surface area contributed by atoms with Gasteiger partial charge in [-0.25, -0.2) is 15.0 Å². The molecule has 2 aliphatic rings. The molecule has 5 rings (SSSR count). The van der Waals surface area contributed by atoms with Crippen LogP contribution in [0.25, 0.3) is 11.2 Å². The number of imidazole rings is 1. The van der Waals surface area contributed by atoms with E-state index in [-0.39, 0.29) is 11.2 Å².